The number of halogens is 1. The molecule has 2 aromatic rings. The number of nitrogens with zero attached hydrogens (tertiary/aromatic N) is 2. The van der Waals surface area contributed by atoms with Crippen LogP contribution in [0.4, 0.5) is 0 Å². The summed E-state index contributed by atoms with van der Waals surface area (Å²) >= 11 is 6.25. The van der Waals surface area contributed by atoms with E-state index < -0.39 is 0 Å². The zero-order chi connectivity index (χ0) is 14.8. The Bertz CT molecular complexity index is 650. The first-order chi connectivity index (χ1) is 10.2. The summed E-state index contributed by atoms with van der Waals surface area (Å²) in [6.07, 6.45) is 1.71. The minimum absolute atomic E-state index is 0.520. The van der Waals surface area contributed by atoms with Gasteiger partial charge in [-0.3, -0.25) is 0 Å². The van der Waals surface area contributed by atoms with Crippen LogP contribution in [-0.4, -0.2) is 23.2 Å². The van der Waals surface area contributed by atoms with Crippen molar-refractivity contribution in [2.75, 3.05) is 13.2 Å². The van der Waals surface area contributed by atoms with Crippen LogP contribution in [0.15, 0.2) is 18.2 Å². The van der Waals surface area contributed by atoms with Gasteiger partial charge >= 0.3 is 0 Å². The molecular weight excluding hydrogens is 288 g/mol. The van der Waals surface area contributed by atoms with Crippen molar-refractivity contribution in [3.8, 4) is 22.9 Å². The molecule has 0 radical (unpaired) electrons. The lowest BCUT2D eigenvalue weighted by Crippen LogP contribution is -2.00. The number of hydrogen-bond donors (Lipinski definition) is 0. The first kappa shape index (κ1) is 14.1. The molecule has 0 bridgehead atoms. The van der Waals surface area contributed by atoms with Crippen LogP contribution in [0.2, 0.25) is 5.15 Å². The second-order valence-electron chi connectivity index (χ2n) is 4.97. The van der Waals surface area contributed by atoms with Crippen molar-refractivity contribution >= 4 is 11.6 Å². The maximum Gasteiger partial charge on any atom is 0.161 e. The number of aromatic nitrogens is 2. The topological polar surface area (TPSA) is 44.2 Å². The van der Waals surface area contributed by atoms with E-state index in [4.69, 9.17) is 21.1 Å². The molecule has 3 rings (SSSR count). The Kier molecular flexibility index (Phi) is 3.97. The Morgan fingerprint density at radius 1 is 1.14 bits per heavy atom. The molecule has 0 amide bonds. The number of fused-ring (bicyclic) bond motifs is 1. The van der Waals surface area contributed by atoms with Crippen LogP contribution in [0.5, 0.6) is 11.5 Å². The minimum Gasteiger partial charge on any atom is -0.490 e. The predicted molar refractivity (Wildman–Crippen MR) is 82.2 cm³/mol. The van der Waals surface area contributed by atoms with Crippen molar-refractivity contribution in [3.05, 3.63) is 34.6 Å². The zero-order valence-electron chi connectivity index (χ0n) is 12.1. The summed E-state index contributed by atoms with van der Waals surface area (Å²) in [5.41, 5.74) is 2.79. The summed E-state index contributed by atoms with van der Waals surface area (Å²) in [6, 6.07) is 5.75. The molecule has 4 nitrogen and oxygen atoms in total. The van der Waals surface area contributed by atoms with E-state index in [0.717, 1.165) is 41.2 Å². The lowest BCUT2D eigenvalue weighted by Gasteiger charge is -2.11. The van der Waals surface area contributed by atoms with Crippen LogP contribution in [0.1, 0.15) is 24.6 Å². The first-order valence-corrected chi connectivity index (χ1v) is 7.50. The maximum absolute atomic E-state index is 6.25. The van der Waals surface area contributed by atoms with E-state index in [-0.39, 0.29) is 0 Å². The maximum atomic E-state index is 6.25. The van der Waals surface area contributed by atoms with Gasteiger partial charge in [0.2, 0.25) is 0 Å². The molecule has 0 atom stereocenters. The molecule has 0 saturated carbocycles. The monoisotopic (exact) mass is 304 g/mol. The molecule has 2 heterocycles. The quantitative estimate of drug-likeness (QED) is 0.791. The second kappa shape index (κ2) is 5.90. The molecule has 0 unspecified atom stereocenters. The summed E-state index contributed by atoms with van der Waals surface area (Å²) < 4.78 is 11.3. The fourth-order valence-corrected chi connectivity index (χ4v) is 2.74. The zero-order valence-corrected chi connectivity index (χ0v) is 12.9. The molecule has 0 spiro atoms. The molecule has 21 heavy (non-hydrogen) atoms. The van der Waals surface area contributed by atoms with Gasteiger partial charge in [0.15, 0.2) is 17.3 Å². The van der Waals surface area contributed by atoms with Crippen molar-refractivity contribution in [1.82, 2.24) is 9.97 Å². The SMILES string of the molecule is CCc1c(C)nc(-c2ccc3c(c2)OCCCO3)nc1Cl. The van der Waals surface area contributed by atoms with E-state index in [2.05, 4.69) is 9.97 Å². The fourth-order valence-electron chi connectivity index (χ4n) is 2.39. The third-order valence-electron chi connectivity index (χ3n) is 3.52. The van der Waals surface area contributed by atoms with Gasteiger partial charge in [0.1, 0.15) is 5.15 Å². The van der Waals surface area contributed by atoms with Crippen LogP contribution in [0, 0.1) is 6.92 Å². The van der Waals surface area contributed by atoms with Gasteiger partial charge in [0.25, 0.3) is 0 Å². The molecule has 1 aliphatic heterocycles. The van der Waals surface area contributed by atoms with E-state index in [9.17, 15) is 0 Å². The Morgan fingerprint density at radius 3 is 2.62 bits per heavy atom. The fraction of sp³-hybridized carbons (Fsp3) is 0.375. The molecule has 5 heteroatoms. The molecule has 1 aromatic heterocycles. The third kappa shape index (κ3) is 2.81. The van der Waals surface area contributed by atoms with E-state index in [1.54, 1.807) is 0 Å². The summed E-state index contributed by atoms with van der Waals surface area (Å²) in [5.74, 6) is 2.12. The summed E-state index contributed by atoms with van der Waals surface area (Å²) in [5, 5.41) is 0.520. The average molecular weight is 305 g/mol. The summed E-state index contributed by atoms with van der Waals surface area (Å²) in [6.45, 7) is 5.34. The van der Waals surface area contributed by atoms with Crippen molar-refractivity contribution in [1.29, 1.82) is 0 Å². The smallest absolute Gasteiger partial charge is 0.161 e. The van der Waals surface area contributed by atoms with Gasteiger partial charge in [-0.15, -0.1) is 0 Å². The minimum atomic E-state index is 0.520. The van der Waals surface area contributed by atoms with Crippen molar-refractivity contribution in [3.63, 3.8) is 0 Å². The number of aryl methyl sites for hydroxylation is 1. The van der Waals surface area contributed by atoms with E-state index >= 15 is 0 Å². The molecule has 0 fully saturated rings. The number of ether oxygens (including phenoxy) is 2. The Morgan fingerprint density at radius 2 is 1.90 bits per heavy atom. The molecular formula is C16H17ClN2O2. The lowest BCUT2D eigenvalue weighted by atomic mass is 10.1. The van der Waals surface area contributed by atoms with Crippen LogP contribution >= 0.6 is 11.6 Å². The lowest BCUT2D eigenvalue weighted by molar-refractivity contribution is 0.297. The van der Waals surface area contributed by atoms with Crippen LogP contribution in [0.25, 0.3) is 11.4 Å². The molecule has 110 valence electrons. The van der Waals surface area contributed by atoms with Crippen LogP contribution in [0.3, 0.4) is 0 Å². The highest BCUT2D eigenvalue weighted by molar-refractivity contribution is 6.30. The first-order valence-electron chi connectivity index (χ1n) is 7.12. The Labute approximate surface area is 129 Å². The third-order valence-corrected chi connectivity index (χ3v) is 3.84. The van der Waals surface area contributed by atoms with E-state index in [0.29, 0.717) is 24.2 Å². The van der Waals surface area contributed by atoms with Gasteiger partial charge in [-0.25, -0.2) is 9.97 Å². The predicted octanol–water partition coefficient (Wildman–Crippen LogP) is 3.83. The van der Waals surface area contributed by atoms with Crippen LogP contribution in [-0.2, 0) is 6.42 Å². The van der Waals surface area contributed by atoms with Gasteiger partial charge in [0.05, 0.1) is 13.2 Å². The van der Waals surface area contributed by atoms with E-state index in [1.807, 2.05) is 32.0 Å². The van der Waals surface area contributed by atoms with Crippen molar-refractivity contribution in [2.45, 2.75) is 26.7 Å². The van der Waals surface area contributed by atoms with E-state index in [1.165, 1.54) is 0 Å². The van der Waals surface area contributed by atoms with Gasteiger partial charge in [-0.1, -0.05) is 18.5 Å². The molecule has 0 N–H and O–H groups in total. The van der Waals surface area contributed by atoms with Gasteiger partial charge in [0, 0.05) is 23.2 Å². The largest absolute Gasteiger partial charge is 0.490 e. The highest BCUT2D eigenvalue weighted by Gasteiger charge is 2.14. The Balaban J connectivity index is 2.03. The van der Waals surface area contributed by atoms with Crippen molar-refractivity contribution in [2.24, 2.45) is 0 Å². The number of rotatable bonds is 2. The Hall–Kier alpha value is -1.81. The summed E-state index contributed by atoms with van der Waals surface area (Å²) in [4.78, 5) is 8.96. The van der Waals surface area contributed by atoms with Gasteiger partial charge in [-0.05, 0) is 31.5 Å². The van der Waals surface area contributed by atoms with Crippen molar-refractivity contribution < 1.29 is 9.47 Å². The highest BCUT2D eigenvalue weighted by Crippen LogP contribution is 2.34. The molecule has 0 saturated heterocycles. The van der Waals surface area contributed by atoms with Gasteiger partial charge < -0.3 is 9.47 Å². The molecule has 1 aliphatic rings. The van der Waals surface area contributed by atoms with Crippen LogP contribution < -0.4 is 9.47 Å². The highest BCUT2D eigenvalue weighted by atomic mass is 35.5. The average Bonchev–Trinajstić information content (AvgIpc) is 2.71. The molecule has 1 aromatic carbocycles. The number of benzene rings is 1. The molecule has 0 aliphatic carbocycles. The number of hydrogen-bond acceptors (Lipinski definition) is 4. The second-order valence-corrected chi connectivity index (χ2v) is 5.33. The normalized spacial score (nSPS) is 13.9. The standard InChI is InChI=1S/C16H17ClN2O2/c1-3-12-10(2)18-16(19-15(12)17)11-5-6-13-14(9-11)21-8-4-7-20-13/h5-6,9H,3-4,7-8H2,1-2H3. The van der Waals surface area contributed by atoms with Gasteiger partial charge in [-0.2, -0.15) is 0 Å². The summed E-state index contributed by atoms with van der Waals surface area (Å²) in [7, 11) is 0.